The van der Waals surface area contributed by atoms with Crippen LogP contribution in [0.5, 0.6) is 5.75 Å². The maximum atomic E-state index is 12.1. The fourth-order valence-electron chi connectivity index (χ4n) is 2.42. The minimum absolute atomic E-state index is 0.0757. The quantitative estimate of drug-likeness (QED) is 0.642. The molecule has 2 aromatic carbocycles. The zero-order chi connectivity index (χ0) is 18.2. The van der Waals surface area contributed by atoms with Crippen LogP contribution < -0.4 is 15.6 Å². The van der Waals surface area contributed by atoms with Crippen LogP contribution in [0.15, 0.2) is 71.5 Å². The van der Waals surface area contributed by atoms with E-state index in [0.717, 1.165) is 11.3 Å². The van der Waals surface area contributed by atoms with Gasteiger partial charge < -0.3 is 10.1 Å². The number of carbonyl (C=O) groups excluding carboxylic acids is 1. The fraction of sp³-hybridized carbons (Fsp3) is 0.150. The van der Waals surface area contributed by atoms with Gasteiger partial charge in [0.05, 0.1) is 12.3 Å². The van der Waals surface area contributed by atoms with E-state index in [1.165, 1.54) is 6.07 Å². The lowest BCUT2D eigenvalue weighted by Gasteiger charge is -2.08. The molecule has 1 amide bonds. The normalized spacial score (nSPS) is 10.3. The highest BCUT2D eigenvalue weighted by Crippen LogP contribution is 2.20. The van der Waals surface area contributed by atoms with Gasteiger partial charge in [0.2, 0.25) is 5.91 Å². The number of benzene rings is 2. The highest BCUT2D eigenvalue weighted by Gasteiger charge is 2.05. The molecule has 0 atom stereocenters. The highest BCUT2D eigenvalue weighted by molar-refractivity contribution is 5.91. The monoisotopic (exact) mass is 349 g/mol. The first-order valence-corrected chi connectivity index (χ1v) is 8.34. The average molecular weight is 349 g/mol. The number of amides is 1. The molecule has 6 heteroatoms. The minimum atomic E-state index is -0.254. The van der Waals surface area contributed by atoms with Crippen LogP contribution in [-0.2, 0) is 4.79 Å². The highest BCUT2D eigenvalue weighted by atomic mass is 16.5. The number of nitrogens with zero attached hydrogens (tertiary/aromatic N) is 1. The first-order valence-electron chi connectivity index (χ1n) is 8.34. The summed E-state index contributed by atoms with van der Waals surface area (Å²) in [6, 6.07) is 19.9. The van der Waals surface area contributed by atoms with Crippen LogP contribution in [0, 0.1) is 0 Å². The van der Waals surface area contributed by atoms with Crippen LogP contribution >= 0.6 is 0 Å². The molecule has 0 spiro atoms. The predicted octanol–water partition coefficient (Wildman–Crippen LogP) is 3.23. The van der Waals surface area contributed by atoms with Gasteiger partial charge in [0.15, 0.2) is 0 Å². The summed E-state index contributed by atoms with van der Waals surface area (Å²) in [6.45, 7) is 0.485. The summed E-state index contributed by atoms with van der Waals surface area (Å²) < 4.78 is 5.58. The fourth-order valence-corrected chi connectivity index (χ4v) is 2.42. The molecule has 0 aliphatic rings. The van der Waals surface area contributed by atoms with E-state index < -0.39 is 0 Å². The van der Waals surface area contributed by atoms with Gasteiger partial charge in [0, 0.05) is 23.7 Å². The number of nitrogens with one attached hydrogen (secondary N) is 2. The summed E-state index contributed by atoms with van der Waals surface area (Å²) in [6.07, 6.45) is 0.996. The first kappa shape index (κ1) is 17.4. The van der Waals surface area contributed by atoms with Crippen LogP contribution in [0.25, 0.3) is 11.3 Å². The second-order valence-corrected chi connectivity index (χ2v) is 5.70. The molecule has 0 fully saturated rings. The van der Waals surface area contributed by atoms with Crippen molar-refractivity contribution >= 4 is 11.6 Å². The molecule has 0 saturated carbocycles. The van der Waals surface area contributed by atoms with Gasteiger partial charge in [-0.3, -0.25) is 9.59 Å². The Morgan fingerprint density at radius 3 is 2.65 bits per heavy atom. The van der Waals surface area contributed by atoms with Crippen molar-refractivity contribution in [2.75, 3.05) is 11.9 Å². The Balaban J connectivity index is 1.50. The van der Waals surface area contributed by atoms with Gasteiger partial charge in [-0.05, 0) is 36.8 Å². The molecular weight excluding hydrogens is 330 g/mol. The topological polar surface area (TPSA) is 84.1 Å². The number of hydrogen-bond acceptors (Lipinski definition) is 4. The molecule has 1 heterocycles. The van der Waals surface area contributed by atoms with Gasteiger partial charge in [-0.25, -0.2) is 5.10 Å². The smallest absolute Gasteiger partial charge is 0.264 e. The lowest BCUT2D eigenvalue weighted by Crippen LogP contribution is -2.13. The Hall–Kier alpha value is -3.41. The Labute approximate surface area is 150 Å². The summed E-state index contributed by atoms with van der Waals surface area (Å²) >= 11 is 0. The van der Waals surface area contributed by atoms with Crippen molar-refractivity contribution in [3.8, 4) is 17.0 Å². The Kier molecular flexibility index (Phi) is 5.77. The maximum Gasteiger partial charge on any atom is 0.264 e. The Morgan fingerprint density at radius 2 is 1.88 bits per heavy atom. The van der Waals surface area contributed by atoms with Crippen molar-refractivity contribution in [2.45, 2.75) is 12.8 Å². The molecule has 0 aliphatic carbocycles. The van der Waals surface area contributed by atoms with E-state index in [0.29, 0.717) is 30.8 Å². The third-order valence-corrected chi connectivity index (χ3v) is 3.68. The van der Waals surface area contributed by atoms with Gasteiger partial charge >= 0.3 is 0 Å². The largest absolute Gasteiger partial charge is 0.494 e. The van der Waals surface area contributed by atoms with Crippen molar-refractivity contribution < 1.29 is 9.53 Å². The molecule has 0 bridgehead atoms. The first-order chi connectivity index (χ1) is 12.7. The van der Waals surface area contributed by atoms with Crippen molar-refractivity contribution in [1.82, 2.24) is 10.2 Å². The van der Waals surface area contributed by atoms with E-state index >= 15 is 0 Å². The molecule has 2 N–H and O–H groups in total. The average Bonchev–Trinajstić information content (AvgIpc) is 2.67. The number of aromatic amines is 1. The van der Waals surface area contributed by atoms with E-state index in [1.807, 2.05) is 54.6 Å². The number of ether oxygens (including phenoxy) is 1. The molecule has 1 aromatic heterocycles. The van der Waals surface area contributed by atoms with Gasteiger partial charge in [0.25, 0.3) is 5.56 Å². The Bertz CT molecular complexity index is 902. The summed E-state index contributed by atoms with van der Waals surface area (Å²) in [5, 5.41) is 9.26. The molecule has 26 heavy (non-hydrogen) atoms. The maximum absolute atomic E-state index is 12.1. The third kappa shape index (κ3) is 5.04. The number of anilines is 1. The molecule has 0 radical (unpaired) electrons. The lowest BCUT2D eigenvalue weighted by atomic mass is 10.1. The standard InChI is InChI=1S/C20H19N3O3/c24-19(10-5-13-26-17-8-2-1-3-9-17)21-16-7-4-6-15(14-16)18-11-12-20(25)23-22-18/h1-4,6-9,11-12,14H,5,10,13H2,(H,21,24)(H,23,25). The second kappa shape index (κ2) is 8.62. The molecule has 0 aliphatic heterocycles. The lowest BCUT2D eigenvalue weighted by molar-refractivity contribution is -0.116. The van der Waals surface area contributed by atoms with Crippen LogP contribution in [0.1, 0.15) is 12.8 Å². The van der Waals surface area contributed by atoms with E-state index in [-0.39, 0.29) is 11.5 Å². The molecular formula is C20H19N3O3. The summed E-state index contributed by atoms with van der Waals surface area (Å²) in [4.78, 5) is 23.2. The number of H-pyrrole nitrogens is 1. The number of rotatable bonds is 7. The summed E-state index contributed by atoms with van der Waals surface area (Å²) in [5.41, 5.74) is 1.88. The van der Waals surface area contributed by atoms with Crippen molar-refractivity contribution in [2.24, 2.45) is 0 Å². The minimum Gasteiger partial charge on any atom is -0.494 e. The van der Waals surface area contributed by atoms with E-state index in [4.69, 9.17) is 4.74 Å². The predicted molar refractivity (Wildman–Crippen MR) is 100 cm³/mol. The van der Waals surface area contributed by atoms with Crippen LogP contribution in [0.2, 0.25) is 0 Å². The number of aromatic nitrogens is 2. The number of hydrogen-bond donors (Lipinski definition) is 2. The summed E-state index contributed by atoms with van der Waals surface area (Å²) in [5.74, 6) is 0.724. The Morgan fingerprint density at radius 1 is 1.04 bits per heavy atom. The van der Waals surface area contributed by atoms with E-state index in [9.17, 15) is 9.59 Å². The molecule has 132 valence electrons. The zero-order valence-electron chi connectivity index (χ0n) is 14.1. The molecule has 3 rings (SSSR count). The van der Waals surface area contributed by atoms with Crippen LogP contribution in [0.3, 0.4) is 0 Å². The van der Waals surface area contributed by atoms with Gasteiger partial charge in [-0.15, -0.1) is 0 Å². The molecule has 0 unspecified atom stereocenters. The van der Waals surface area contributed by atoms with Gasteiger partial charge in [-0.1, -0.05) is 30.3 Å². The van der Waals surface area contributed by atoms with Crippen LogP contribution in [0.4, 0.5) is 5.69 Å². The third-order valence-electron chi connectivity index (χ3n) is 3.68. The van der Waals surface area contributed by atoms with Gasteiger partial charge in [-0.2, -0.15) is 5.10 Å². The van der Waals surface area contributed by atoms with E-state index in [1.54, 1.807) is 6.07 Å². The molecule has 0 saturated heterocycles. The molecule has 6 nitrogen and oxygen atoms in total. The van der Waals surface area contributed by atoms with E-state index in [2.05, 4.69) is 15.5 Å². The van der Waals surface area contributed by atoms with Gasteiger partial charge in [0.1, 0.15) is 5.75 Å². The summed E-state index contributed by atoms with van der Waals surface area (Å²) in [7, 11) is 0. The number of para-hydroxylation sites is 1. The second-order valence-electron chi connectivity index (χ2n) is 5.70. The SMILES string of the molecule is O=C(CCCOc1ccccc1)Nc1cccc(-c2ccc(=O)[nH]n2)c1. The zero-order valence-corrected chi connectivity index (χ0v) is 14.1. The van der Waals surface area contributed by atoms with Crippen LogP contribution in [-0.4, -0.2) is 22.7 Å². The number of carbonyl (C=O) groups is 1. The van der Waals surface area contributed by atoms with Crippen molar-refractivity contribution in [1.29, 1.82) is 0 Å². The molecule has 3 aromatic rings. The van der Waals surface area contributed by atoms with Crippen molar-refractivity contribution in [3.05, 3.63) is 77.1 Å². The van der Waals surface area contributed by atoms with Crippen molar-refractivity contribution in [3.63, 3.8) is 0 Å².